The topological polar surface area (TPSA) is 72.5 Å². The predicted molar refractivity (Wildman–Crippen MR) is 102 cm³/mol. The molecule has 0 aromatic heterocycles. The van der Waals surface area contributed by atoms with Crippen molar-refractivity contribution in [3.8, 4) is 0 Å². The first-order valence-electron chi connectivity index (χ1n) is 9.21. The minimum absolute atomic E-state index is 0.0150. The predicted octanol–water partition coefficient (Wildman–Crippen LogP) is 4.15. The molecule has 0 unspecified atom stereocenters. The number of hydrogen-bond donors (Lipinski definition) is 1. The van der Waals surface area contributed by atoms with Crippen molar-refractivity contribution in [1.29, 1.82) is 0 Å². The van der Waals surface area contributed by atoms with Gasteiger partial charge in [0.2, 0.25) is 0 Å². The van der Waals surface area contributed by atoms with Gasteiger partial charge in [0, 0.05) is 12.3 Å². The molecule has 1 rings (SSSR count). The van der Waals surface area contributed by atoms with Crippen molar-refractivity contribution in [2.24, 2.45) is 17.8 Å². The van der Waals surface area contributed by atoms with Gasteiger partial charge in [0.25, 0.3) is 0 Å². The van der Waals surface area contributed by atoms with Gasteiger partial charge in [-0.3, -0.25) is 9.59 Å². The van der Waals surface area contributed by atoms with Crippen LogP contribution in [0.1, 0.15) is 53.0 Å². The second-order valence-corrected chi connectivity index (χ2v) is 7.54. The molecule has 1 aromatic carbocycles. The molecule has 0 aliphatic rings. The molecule has 5 nitrogen and oxygen atoms in total. The van der Waals surface area contributed by atoms with Gasteiger partial charge in [-0.15, -0.1) is 0 Å². The molecule has 1 N–H and O–H groups in total. The normalized spacial score (nSPS) is 13.3. The van der Waals surface area contributed by atoms with E-state index in [2.05, 4.69) is 5.32 Å². The van der Waals surface area contributed by atoms with Crippen LogP contribution in [0.25, 0.3) is 0 Å². The van der Waals surface area contributed by atoms with Crippen LogP contribution in [0.4, 0.5) is 4.79 Å². The lowest BCUT2D eigenvalue weighted by Gasteiger charge is -2.23. The van der Waals surface area contributed by atoms with Crippen molar-refractivity contribution in [3.05, 3.63) is 35.9 Å². The van der Waals surface area contributed by atoms with Crippen LogP contribution in [-0.4, -0.2) is 23.7 Å². The molecule has 0 saturated carbocycles. The van der Waals surface area contributed by atoms with Crippen LogP contribution in [0, 0.1) is 17.8 Å². The van der Waals surface area contributed by atoms with E-state index in [1.807, 2.05) is 58.0 Å². The third-order valence-corrected chi connectivity index (χ3v) is 4.28. The van der Waals surface area contributed by atoms with Gasteiger partial charge in [-0.1, -0.05) is 58.0 Å². The molecule has 0 aliphatic heterocycles. The molecular weight excluding hydrogens is 330 g/mol. The Labute approximate surface area is 156 Å². The van der Waals surface area contributed by atoms with Gasteiger partial charge >= 0.3 is 6.09 Å². The van der Waals surface area contributed by atoms with E-state index in [0.29, 0.717) is 12.3 Å². The summed E-state index contributed by atoms with van der Waals surface area (Å²) in [7, 11) is 0. The molecule has 0 bridgehead atoms. The highest BCUT2D eigenvalue weighted by molar-refractivity contribution is 5.91. The van der Waals surface area contributed by atoms with Crippen LogP contribution < -0.4 is 5.32 Å². The molecule has 0 radical (unpaired) electrons. The van der Waals surface area contributed by atoms with E-state index in [4.69, 9.17) is 4.74 Å². The fraction of sp³-hybridized carbons (Fsp3) is 0.571. The van der Waals surface area contributed by atoms with Crippen LogP contribution >= 0.6 is 0 Å². The zero-order chi connectivity index (χ0) is 19.7. The number of nitrogens with one attached hydrogen (secondary N) is 1. The van der Waals surface area contributed by atoms with Gasteiger partial charge in [0.05, 0.1) is 6.04 Å². The average molecular weight is 361 g/mol. The Morgan fingerprint density at radius 3 is 2.15 bits per heavy atom. The molecule has 5 heteroatoms. The zero-order valence-corrected chi connectivity index (χ0v) is 16.5. The Bertz CT molecular complexity index is 595. The summed E-state index contributed by atoms with van der Waals surface area (Å²) in [5, 5.41) is 2.66. The Morgan fingerprint density at radius 1 is 1.04 bits per heavy atom. The average Bonchev–Trinajstić information content (AvgIpc) is 2.57. The van der Waals surface area contributed by atoms with Crippen LogP contribution in [0.2, 0.25) is 0 Å². The van der Waals surface area contributed by atoms with Crippen molar-refractivity contribution < 1.29 is 19.1 Å². The van der Waals surface area contributed by atoms with Crippen LogP contribution in [-0.2, 0) is 20.9 Å². The molecule has 0 aliphatic carbocycles. The van der Waals surface area contributed by atoms with Gasteiger partial charge in [-0.05, 0) is 30.7 Å². The number of carbonyl (C=O) groups is 3. The van der Waals surface area contributed by atoms with Gasteiger partial charge < -0.3 is 10.1 Å². The summed E-state index contributed by atoms with van der Waals surface area (Å²) in [5.74, 6) is -0.166. The Balaban J connectivity index is 2.64. The number of Topliss-reactive ketones (excluding diaryl/α,β-unsaturated/α-hetero) is 2. The number of benzene rings is 1. The molecule has 0 spiro atoms. The lowest BCUT2D eigenvalue weighted by Crippen LogP contribution is -2.45. The molecular formula is C21H31NO4. The fourth-order valence-corrected chi connectivity index (χ4v) is 2.84. The Morgan fingerprint density at radius 2 is 1.65 bits per heavy atom. The van der Waals surface area contributed by atoms with E-state index in [0.717, 1.165) is 5.56 Å². The van der Waals surface area contributed by atoms with Crippen LogP contribution in [0.5, 0.6) is 0 Å². The van der Waals surface area contributed by atoms with E-state index in [1.54, 1.807) is 0 Å². The molecule has 1 aromatic rings. The maximum Gasteiger partial charge on any atom is 0.408 e. The quantitative estimate of drug-likeness (QED) is 0.679. The summed E-state index contributed by atoms with van der Waals surface area (Å²) >= 11 is 0. The summed E-state index contributed by atoms with van der Waals surface area (Å²) in [5.41, 5.74) is 0.878. The fourth-order valence-electron chi connectivity index (χ4n) is 2.84. The monoisotopic (exact) mass is 361 g/mol. The van der Waals surface area contributed by atoms with Crippen molar-refractivity contribution >= 4 is 17.7 Å². The minimum atomic E-state index is -0.660. The summed E-state index contributed by atoms with van der Waals surface area (Å²) in [6.07, 6.45) is 0.198. The van der Waals surface area contributed by atoms with Gasteiger partial charge in [0.15, 0.2) is 5.78 Å². The second-order valence-electron chi connectivity index (χ2n) is 7.54. The van der Waals surface area contributed by atoms with Crippen molar-refractivity contribution in [1.82, 2.24) is 5.32 Å². The number of alkyl carbamates (subject to hydrolysis) is 1. The number of ketones is 2. The summed E-state index contributed by atoms with van der Waals surface area (Å²) < 4.78 is 5.21. The lowest BCUT2D eigenvalue weighted by atomic mass is 9.86. The maximum absolute atomic E-state index is 12.7. The molecule has 1 amide bonds. The standard InChI is InChI=1S/C21H31NO4/c1-14(2)11-18(16(5)23)12-19(24)20(15(3)4)22-21(25)26-13-17-9-7-6-8-10-17/h6-10,14-15,18,20H,11-13H2,1-5H3,(H,22,25)/t18-,20+/m1/s1. The first-order chi connectivity index (χ1) is 12.2. The molecule has 0 fully saturated rings. The van der Waals surface area contributed by atoms with Crippen molar-refractivity contribution in [3.63, 3.8) is 0 Å². The van der Waals surface area contributed by atoms with Gasteiger partial charge in [0.1, 0.15) is 12.4 Å². The van der Waals surface area contributed by atoms with E-state index in [-0.39, 0.29) is 36.4 Å². The SMILES string of the molecule is CC(=O)[C@@H](CC(=O)[C@@H](NC(=O)OCc1ccccc1)C(C)C)CC(C)C. The molecule has 144 valence electrons. The highest BCUT2D eigenvalue weighted by Gasteiger charge is 2.28. The largest absolute Gasteiger partial charge is 0.445 e. The number of amides is 1. The van der Waals surface area contributed by atoms with E-state index >= 15 is 0 Å². The third kappa shape index (κ3) is 7.81. The van der Waals surface area contributed by atoms with Gasteiger partial charge in [-0.2, -0.15) is 0 Å². The number of hydrogen-bond acceptors (Lipinski definition) is 4. The van der Waals surface area contributed by atoms with Crippen molar-refractivity contribution in [2.75, 3.05) is 0 Å². The van der Waals surface area contributed by atoms with E-state index in [9.17, 15) is 14.4 Å². The number of carbonyl (C=O) groups excluding carboxylic acids is 3. The highest BCUT2D eigenvalue weighted by Crippen LogP contribution is 2.19. The Hall–Kier alpha value is -2.17. The van der Waals surface area contributed by atoms with Crippen LogP contribution in [0.3, 0.4) is 0 Å². The van der Waals surface area contributed by atoms with E-state index in [1.165, 1.54) is 6.92 Å². The minimum Gasteiger partial charge on any atom is -0.445 e. The van der Waals surface area contributed by atoms with Gasteiger partial charge in [-0.25, -0.2) is 4.79 Å². The van der Waals surface area contributed by atoms with Crippen LogP contribution in [0.15, 0.2) is 30.3 Å². The third-order valence-electron chi connectivity index (χ3n) is 4.28. The number of rotatable bonds is 10. The lowest BCUT2D eigenvalue weighted by molar-refractivity contribution is -0.128. The molecule has 2 atom stereocenters. The summed E-state index contributed by atoms with van der Waals surface area (Å²) in [6, 6.07) is 8.69. The van der Waals surface area contributed by atoms with Crippen molar-refractivity contribution in [2.45, 2.75) is 60.1 Å². The van der Waals surface area contributed by atoms with E-state index < -0.39 is 12.1 Å². The first kappa shape index (κ1) is 21.9. The number of ether oxygens (including phenoxy) is 1. The molecule has 0 heterocycles. The molecule has 0 saturated heterocycles. The smallest absolute Gasteiger partial charge is 0.408 e. The molecule has 26 heavy (non-hydrogen) atoms. The second kappa shape index (κ2) is 10.7. The maximum atomic E-state index is 12.7. The first-order valence-corrected chi connectivity index (χ1v) is 9.21. The Kier molecular flexibility index (Phi) is 9.03. The summed E-state index contributed by atoms with van der Waals surface area (Å²) in [6.45, 7) is 9.46. The highest BCUT2D eigenvalue weighted by atomic mass is 16.5. The zero-order valence-electron chi connectivity index (χ0n) is 16.5. The summed E-state index contributed by atoms with van der Waals surface area (Å²) in [4.78, 5) is 36.6.